The molecular formula is C10H14NO3S-. The number of hydrogen-bond acceptors (Lipinski definition) is 5. The molecule has 4 nitrogen and oxygen atoms in total. The predicted molar refractivity (Wildman–Crippen MR) is 57.3 cm³/mol. The van der Waals surface area contributed by atoms with Crippen molar-refractivity contribution in [1.82, 2.24) is 4.90 Å². The average molecular weight is 228 g/mol. The molecule has 84 valence electrons. The summed E-state index contributed by atoms with van der Waals surface area (Å²) in [4.78, 5) is 12.2. The summed E-state index contributed by atoms with van der Waals surface area (Å²) >= 11 is 1.28. The van der Waals surface area contributed by atoms with Gasteiger partial charge in [0.05, 0.1) is 18.3 Å². The van der Waals surface area contributed by atoms with Crippen molar-refractivity contribution in [2.45, 2.75) is 12.3 Å². The quantitative estimate of drug-likeness (QED) is 0.702. The van der Waals surface area contributed by atoms with Gasteiger partial charge in [-0.05, 0) is 26.2 Å². The molecule has 0 aliphatic carbocycles. The van der Waals surface area contributed by atoms with Crippen LogP contribution >= 0.6 is 11.8 Å². The Bertz CT molecular complexity index is 322. The molecule has 15 heavy (non-hydrogen) atoms. The van der Waals surface area contributed by atoms with Crippen LogP contribution in [0.3, 0.4) is 0 Å². The van der Waals surface area contributed by atoms with Gasteiger partial charge in [-0.2, -0.15) is 0 Å². The molecule has 1 aromatic rings. The number of carbonyl (C=O) groups excluding carboxylic acids is 1. The first-order chi connectivity index (χ1) is 7.08. The van der Waals surface area contributed by atoms with E-state index in [-0.39, 0.29) is 5.75 Å². The van der Waals surface area contributed by atoms with Crippen LogP contribution in [0.4, 0.5) is 0 Å². The third kappa shape index (κ3) is 4.90. The minimum absolute atomic E-state index is 0.00368. The van der Waals surface area contributed by atoms with Gasteiger partial charge in [0.2, 0.25) is 0 Å². The van der Waals surface area contributed by atoms with Gasteiger partial charge in [0.15, 0.2) is 0 Å². The van der Waals surface area contributed by atoms with Gasteiger partial charge in [-0.1, -0.05) is 0 Å². The number of furan rings is 1. The number of carbonyl (C=O) groups is 1. The molecule has 0 fully saturated rings. The highest BCUT2D eigenvalue weighted by atomic mass is 32.2. The van der Waals surface area contributed by atoms with Crippen molar-refractivity contribution in [3.8, 4) is 0 Å². The number of rotatable bonds is 6. The summed E-state index contributed by atoms with van der Waals surface area (Å²) in [6.07, 6.45) is 0. The zero-order valence-electron chi connectivity index (χ0n) is 8.86. The number of carboxylic acids is 1. The van der Waals surface area contributed by atoms with E-state index in [1.165, 1.54) is 11.8 Å². The van der Waals surface area contributed by atoms with E-state index in [9.17, 15) is 9.90 Å². The summed E-state index contributed by atoms with van der Waals surface area (Å²) in [7, 11) is 3.93. The summed E-state index contributed by atoms with van der Waals surface area (Å²) < 4.78 is 5.50. The van der Waals surface area contributed by atoms with Crippen LogP contribution in [0.25, 0.3) is 0 Å². The van der Waals surface area contributed by atoms with Crippen LogP contribution in [0.1, 0.15) is 11.5 Å². The van der Waals surface area contributed by atoms with Crippen LogP contribution in [-0.4, -0.2) is 30.7 Å². The van der Waals surface area contributed by atoms with Gasteiger partial charge in [0, 0.05) is 5.75 Å². The van der Waals surface area contributed by atoms with E-state index in [0.717, 1.165) is 18.1 Å². The van der Waals surface area contributed by atoms with Crippen molar-refractivity contribution in [2.75, 3.05) is 19.8 Å². The minimum Gasteiger partial charge on any atom is -0.549 e. The Morgan fingerprint density at radius 2 is 2.13 bits per heavy atom. The molecule has 0 spiro atoms. The molecule has 0 unspecified atom stereocenters. The first-order valence-electron chi connectivity index (χ1n) is 4.58. The molecule has 0 amide bonds. The van der Waals surface area contributed by atoms with Crippen molar-refractivity contribution < 1.29 is 14.3 Å². The fourth-order valence-corrected chi connectivity index (χ4v) is 1.76. The second-order valence-electron chi connectivity index (χ2n) is 3.47. The van der Waals surface area contributed by atoms with Gasteiger partial charge in [-0.15, -0.1) is 11.8 Å². The normalized spacial score (nSPS) is 10.9. The van der Waals surface area contributed by atoms with Gasteiger partial charge in [0.25, 0.3) is 0 Å². The molecule has 0 saturated heterocycles. The lowest BCUT2D eigenvalue weighted by atomic mass is 10.4. The SMILES string of the molecule is CN(C)Cc1ccc(CSCC(=O)[O-])o1. The third-order valence-corrected chi connectivity index (χ3v) is 2.58. The highest BCUT2D eigenvalue weighted by Gasteiger charge is 2.03. The van der Waals surface area contributed by atoms with Crippen LogP contribution < -0.4 is 5.11 Å². The Hall–Kier alpha value is -0.940. The van der Waals surface area contributed by atoms with Crippen LogP contribution in [-0.2, 0) is 17.1 Å². The maximum atomic E-state index is 10.2. The van der Waals surface area contributed by atoms with Gasteiger partial charge < -0.3 is 19.2 Å². The van der Waals surface area contributed by atoms with Gasteiger partial charge in [0.1, 0.15) is 11.5 Å². The zero-order valence-corrected chi connectivity index (χ0v) is 9.67. The standard InChI is InChI=1S/C10H15NO3S/c1-11(2)5-8-3-4-9(14-8)6-15-7-10(12)13/h3-4H,5-7H2,1-2H3,(H,12,13)/p-1. The molecule has 0 saturated carbocycles. The van der Waals surface area contributed by atoms with E-state index >= 15 is 0 Å². The summed E-state index contributed by atoms with van der Waals surface area (Å²) in [5, 5.41) is 10.2. The van der Waals surface area contributed by atoms with Crippen LogP contribution in [0.15, 0.2) is 16.5 Å². The molecular weight excluding hydrogens is 214 g/mol. The van der Waals surface area contributed by atoms with E-state index in [1.807, 2.05) is 31.1 Å². The monoisotopic (exact) mass is 228 g/mol. The molecule has 0 radical (unpaired) electrons. The highest BCUT2D eigenvalue weighted by Crippen LogP contribution is 2.15. The molecule has 0 atom stereocenters. The lowest BCUT2D eigenvalue weighted by Crippen LogP contribution is -2.24. The van der Waals surface area contributed by atoms with Crippen LogP contribution in [0, 0.1) is 0 Å². The molecule has 0 aliphatic heterocycles. The zero-order chi connectivity index (χ0) is 11.3. The topological polar surface area (TPSA) is 56.5 Å². The van der Waals surface area contributed by atoms with Gasteiger partial charge >= 0.3 is 0 Å². The molecule has 1 heterocycles. The van der Waals surface area contributed by atoms with Crippen molar-refractivity contribution in [1.29, 1.82) is 0 Å². The summed E-state index contributed by atoms with van der Waals surface area (Å²) in [5.74, 6) is 1.23. The summed E-state index contributed by atoms with van der Waals surface area (Å²) in [5.41, 5.74) is 0. The average Bonchev–Trinajstić information content (AvgIpc) is 2.50. The first-order valence-corrected chi connectivity index (χ1v) is 5.73. The Balaban J connectivity index is 2.36. The van der Waals surface area contributed by atoms with E-state index in [4.69, 9.17) is 4.42 Å². The molecule has 1 aromatic heterocycles. The number of thioether (sulfide) groups is 1. The van der Waals surface area contributed by atoms with E-state index < -0.39 is 5.97 Å². The molecule has 0 aliphatic rings. The fraction of sp³-hybridized carbons (Fsp3) is 0.500. The Labute approximate surface area is 93.3 Å². The number of carboxylic acid groups (broad SMARTS) is 1. The summed E-state index contributed by atoms with van der Waals surface area (Å²) in [6.45, 7) is 0.755. The Kier molecular flexibility index (Phi) is 4.71. The van der Waals surface area contributed by atoms with Gasteiger partial charge in [-0.25, -0.2) is 0 Å². The Morgan fingerprint density at radius 3 is 2.73 bits per heavy atom. The maximum absolute atomic E-state index is 10.2. The molecule has 0 bridgehead atoms. The largest absolute Gasteiger partial charge is 0.549 e. The Morgan fingerprint density at radius 1 is 1.47 bits per heavy atom. The smallest absolute Gasteiger partial charge is 0.118 e. The molecule has 5 heteroatoms. The second-order valence-corrected chi connectivity index (χ2v) is 4.46. The van der Waals surface area contributed by atoms with E-state index in [0.29, 0.717) is 5.75 Å². The van der Waals surface area contributed by atoms with Crippen LogP contribution in [0.2, 0.25) is 0 Å². The minimum atomic E-state index is -1.04. The fourth-order valence-electron chi connectivity index (χ4n) is 1.13. The lowest BCUT2D eigenvalue weighted by molar-refractivity contribution is -0.301. The van der Waals surface area contributed by atoms with Crippen LogP contribution in [0.5, 0.6) is 0 Å². The van der Waals surface area contributed by atoms with Crippen molar-refractivity contribution >= 4 is 17.7 Å². The third-order valence-electron chi connectivity index (χ3n) is 1.65. The molecule has 0 N–H and O–H groups in total. The lowest BCUT2D eigenvalue weighted by Gasteiger charge is -2.05. The number of hydrogen-bond donors (Lipinski definition) is 0. The van der Waals surface area contributed by atoms with E-state index in [2.05, 4.69) is 0 Å². The summed E-state index contributed by atoms with van der Waals surface area (Å²) in [6, 6.07) is 3.79. The first kappa shape index (κ1) is 12.1. The second kappa shape index (κ2) is 5.82. The maximum Gasteiger partial charge on any atom is 0.118 e. The number of nitrogens with zero attached hydrogens (tertiary/aromatic N) is 1. The highest BCUT2D eigenvalue weighted by molar-refractivity contribution is 7.99. The molecule has 1 rings (SSSR count). The number of aliphatic carboxylic acids is 1. The predicted octanol–water partition coefficient (Wildman–Crippen LogP) is 0.324. The van der Waals surface area contributed by atoms with E-state index in [1.54, 1.807) is 0 Å². The van der Waals surface area contributed by atoms with Crippen molar-refractivity contribution in [2.24, 2.45) is 0 Å². The van der Waals surface area contributed by atoms with Gasteiger partial charge in [-0.3, -0.25) is 0 Å². The van der Waals surface area contributed by atoms with Crippen molar-refractivity contribution in [3.63, 3.8) is 0 Å². The molecule has 0 aromatic carbocycles. The van der Waals surface area contributed by atoms with Crippen molar-refractivity contribution in [3.05, 3.63) is 23.7 Å².